The molecule has 1 saturated heterocycles. The van der Waals surface area contributed by atoms with Gasteiger partial charge in [0.2, 0.25) is 0 Å². The molecule has 1 fully saturated rings. The lowest BCUT2D eigenvalue weighted by Crippen LogP contribution is -2.38. The molecule has 0 aliphatic carbocycles. The zero-order valence-electron chi connectivity index (χ0n) is 12.2. The van der Waals surface area contributed by atoms with Gasteiger partial charge in [0.15, 0.2) is 0 Å². The molecule has 21 heavy (non-hydrogen) atoms. The largest absolute Gasteiger partial charge is 0.339 e. The van der Waals surface area contributed by atoms with Crippen molar-refractivity contribution < 1.29 is 9.72 Å². The summed E-state index contributed by atoms with van der Waals surface area (Å²) in [5, 5.41) is 11.0. The Morgan fingerprint density at radius 3 is 2.67 bits per heavy atom. The molecule has 0 saturated carbocycles. The topological polar surface area (TPSA) is 89.5 Å². The number of rotatable bonds is 4. The van der Waals surface area contributed by atoms with Crippen molar-refractivity contribution in [2.75, 3.05) is 19.6 Å². The van der Waals surface area contributed by atoms with Crippen LogP contribution in [0.25, 0.3) is 0 Å². The molecule has 2 rings (SSSR count). The van der Waals surface area contributed by atoms with Gasteiger partial charge in [-0.3, -0.25) is 14.9 Å². The van der Waals surface area contributed by atoms with Gasteiger partial charge in [0.1, 0.15) is 0 Å². The number of nitrogens with two attached hydrogens (primary N) is 1. The molecule has 0 bridgehead atoms. The molecule has 0 spiro atoms. The van der Waals surface area contributed by atoms with Gasteiger partial charge in [0, 0.05) is 30.3 Å². The van der Waals surface area contributed by atoms with Gasteiger partial charge in [-0.2, -0.15) is 0 Å². The average molecular weight is 291 g/mol. The van der Waals surface area contributed by atoms with Crippen molar-refractivity contribution in [2.24, 2.45) is 11.7 Å². The maximum atomic E-state index is 12.4. The van der Waals surface area contributed by atoms with E-state index in [1.807, 2.05) is 0 Å². The van der Waals surface area contributed by atoms with Crippen LogP contribution in [-0.2, 0) is 0 Å². The molecule has 2 N–H and O–H groups in total. The van der Waals surface area contributed by atoms with E-state index in [-0.39, 0.29) is 11.6 Å². The number of likely N-dealkylation sites (tertiary alicyclic amines) is 1. The van der Waals surface area contributed by atoms with E-state index >= 15 is 0 Å². The van der Waals surface area contributed by atoms with Crippen LogP contribution >= 0.6 is 0 Å². The predicted molar refractivity (Wildman–Crippen MR) is 80.1 cm³/mol. The molecule has 1 aromatic carbocycles. The highest BCUT2D eigenvalue weighted by atomic mass is 16.6. The lowest BCUT2D eigenvalue weighted by Gasteiger charge is -2.32. The lowest BCUT2D eigenvalue weighted by molar-refractivity contribution is -0.385. The smallest absolute Gasteiger partial charge is 0.273 e. The van der Waals surface area contributed by atoms with Crippen molar-refractivity contribution in [1.29, 1.82) is 0 Å². The van der Waals surface area contributed by atoms with Gasteiger partial charge in [0.05, 0.1) is 4.92 Å². The van der Waals surface area contributed by atoms with E-state index < -0.39 is 4.92 Å². The number of nitro groups is 1. The quantitative estimate of drug-likeness (QED) is 0.679. The van der Waals surface area contributed by atoms with Crippen LogP contribution in [-0.4, -0.2) is 35.4 Å². The Morgan fingerprint density at radius 2 is 2.10 bits per heavy atom. The molecule has 0 radical (unpaired) electrons. The van der Waals surface area contributed by atoms with Gasteiger partial charge in [-0.25, -0.2) is 0 Å². The second-order valence-electron chi connectivity index (χ2n) is 5.57. The van der Waals surface area contributed by atoms with Crippen LogP contribution in [0.3, 0.4) is 0 Å². The summed E-state index contributed by atoms with van der Waals surface area (Å²) in [5.41, 5.74) is 6.52. The number of piperidine rings is 1. The van der Waals surface area contributed by atoms with E-state index in [1.54, 1.807) is 24.0 Å². The molecule has 6 heteroatoms. The highest BCUT2D eigenvalue weighted by Crippen LogP contribution is 2.24. The predicted octanol–water partition coefficient (Wildman–Crippen LogP) is 2.10. The molecular formula is C15H21N3O3. The minimum atomic E-state index is -0.445. The first-order valence-corrected chi connectivity index (χ1v) is 7.27. The number of aryl methyl sites for hydroxylation is 1. The number of nitrogens with zero attached hydrogens (tertiary/aromatic N) is 2. The molecule has 0 unspecified atom stereocenters. The van der Waals surface area contributed by atoms with Gasteiger partial charge in [-0.15, -0.1) is 0 Å². The second-order valence-corrected chi connectivity index (χ2v) is 5.57. The fourth-order valence-electron chi connectivity index (χ4n) is 2.78. The number of benzene rings is 1. The Hall–Kier alpha value is -1.95. The fraction of sp³-hybridized carbons (Fsp3) is 0.533. The SMILES string of the molecule is Cc1ccc(C(=O)N2CCC(CCN)CC2)cc1[N+](=O)[O-]. The van der Waals surface area contributed by atoms with E-state index in [4.69, 9.17) is 5.73 Å². The summed E-state index contributed by atoms with van der Waals surface area (Å²) in [5.74, 6) is 0.468. The molecule has 6 nitrogen and oxygen atoms in total. The first-order valence-electron chi connectivity index (χ1n) is 7.27. The number of hydrogen-bond acceptors (Lipinski definition) is 4. The molecule has 1 aliphatic heterocycles. The summed E-state index contributed by atoms with van der Waals surface area (Å²) in [4.78, 5) is 24.7. The molecule has 1 aliphatic rings. The summed E-state index contributed by atoms with van der Waals surface area (Å²) < 4.78 is 0. The summed E-state index contributed by atoms with van der Waals surface area (Å²) in [6.45, 7) is 3.75. The van der Waals surface area contributed by atoms with Crippen molar-refractivity contribution in [1.82, 2.24) is 4.90 Å². The molecule has 0 atom stereocenters. The third-order valence-corrected chi connectivity index (χ3v) is 4.13. The molecule has 0 aromatic heterocycles. The Morgan fingerprint density at radius 1 is 1.43 bits per heavy atom. The highest BCUT2D eigenvalue weighted by molar-refractivity contribution is 5.95. The summed E-state index contributed by atoms with van der Waals surface area (Å²) in [6.07, 6.45) is 2.91. The minimum Gasteiger partial charge on any atom is -0.339 e. The van der Waals surface area contributed by atoms with Crippen LogP contribution in [0, 0.1) is 23.0 Å². The molecular weight excluding hydrogens is 270 g/mol. The van der Waals surface area contributed by atoms with Crippen molar-refractivity contribution >= 4 is 11.6 Å². The maximum Gasteiger partial charge on any atom is 0.273 e. The number of hydrogen-bond donors (Lipinski definition) is 1. The van der Waals surface area contributed by atoms with Gasteiger partial charge in [0.25, 0.3) is 11.6 Å². The molecule has 1 aromatic rings. The van der Waals surface area contributed by atoms with Crippen molar-refractivity contribution in [3.05, 3.63) is 39.4 Å². The first kappa shape index (κ1) is 15.4. The Balaban J connectivity index is 2.07. The average Bonchev–Trinajstić information content (AvgIpc) is 2.48. The standard InChI is InChI=1S/C15H21N3O3/c1-11-2-3-13(10-14(11)18(20)21)15(19)17-8-5-12(4-7-16)6-9-17/h2-3,10,12H,4-9,16H2,1H3. The lowest BCUT2D eigenvalue weighted by atomic mass is 9.93. The third-order valence-electron chi connectivity index (χ3n) is 4.13. The highest BCUT2D eigenvalue weighted by Gasteiger charge is 2.24. The monoisotopic (exact) mass is 291 g/mol. The Labute approximate surface area is 124 Å². The van der Waals surface area contributed by atoms with E-state index in [0.717, 1.165) is 19.3 Å². The van der Waals surface area contributed by atoms with Crippen molar-refractivity contribution in [2.45, 2.75) is 26.2 Å². The van der Waals surface area contributed by atoms with Crippen molar-refractivity contribution in [3.63, 3.8) is 0 Å². The zero-order valence-corrected chi connectivity index (χ0v) is 12.2. The Bertz CT molecular complexity index is 537. The molecule has 1 amide bonds. The fourth-order valence-corrected chi connectivity index (χ4v) is 2.78. The van der Waals surface area contributed by atoms with Gasteiger partial charge in [-0.1, -0.05) is 6.07 Å². The van der Waals surface area contributed by atoms with Crippen molar-refractivity contribution in [3.8, 4) is 0 Å². The van der Waals surface area contributed by atoms with Gasteiger partial charge in [-0.05, 0) is 44.7 Å². The van der Waals surface area contributed by atoms with E-state index in [1.165, 1.54) is 6.07 Å². The maximum absolute atomic E-state index is 12.4. The summed E-state index contributed by atoms with van der Waals surface area (Å²) in [6, 6.07) is 4.67. The van der Waals surface area contributed by atoms with Gasteiger partial charge < -0.3 is 10.6 Å². The van der Waals surface area contributed by atoms with Crippen LogP contribution in [0.2, 0.25) is 0 Å². The normalized spacial score (nSPS) is 16.0. The van der Waals surface area contributed by atoms with Gasteiger partial charge >= 0.3 is 0 Å². The summed E-state index contributed by atoms with van der Waals surface area (Å²) in [7, 11) is 0. The van der Waals surface area contributed by atoms with Crippen LogP contribution in [0.4, 0.5) is 5.69 Å². The van der Waals surface area contributed by atoms with Crippen LogP contribution in [0.1, 0.15) is 35.2 Å². The Kier molecular flexibility index (Phi) is 4.90. The van der Waals surface area contributed by atoms with Crippen LogP contribution in [0.5, 0.6) is 0 Å². The first-order chi connectivity index (χ1) is 10.0. The van der Waals surface area contributed by atoms with E-state index in [0.29, 0.717) is 36.7 Å². The number of carbonyl (C=O) groups is 1. The summed E-state index contributed by atoms with van der Waals surface area (Å²) >= 11 is 0. The number of amides is 1. The van der Waals surface area contributed by atoms with Crippen LogP contribution < -0.4 is 5.73 Å². The number of carbonyl (C=O) groups excluding carboxylic acids is 1. The molecule has 1 heterocycles. The zero-order chi connectivity index (χ0) is 15.4. The van der Waals surface area contributed by atoms with Crippen LogP contribution in [0.15, 0.2) is 18.2 Å². The minimum absolute atomic E-state index is 0.00105. The number of nitro benzene ring substituents is 1. The van der Waals surface area contributed by atoms with E-state index in [2.05, 4.69) is 0 Å². The second kappa shape index (κ2) is 6.67. The third kappa shape index (κ3) is 3.58. The molecule has 114 valence electrons. The van der Waals surface area contributed by atoms with E-state index in [9.17, 15) is 14.9 Å².